The molecule has 0 aliphatic carbocycles. The largest absolute Gasteiger partial charge is 0.495 e. The van der Waals surface area contributed by atoms with Crippen molar-refractivity contribution in [3.63, 3.8) is 0 Å². The van der Waals surface area contributed by atoms with Crippen LogP contribution in [-0.2, 0) is 27.8 Å². The quantitative estimate of drug-likeness (QED) is 0.541. The van der Waals surface area contributed by atoms with Gasteiger partial charge in [0.05, 0.1) is 12.8 Å². The van der Waals surface area contributed by atoms with Gasteiger partial charge in [0, 0.05) is 32.7 Å². The summed E-state index contributed by atoms with van der Waals surface area (Å²) in [5.41, 5.74) is 2.99. The van der Waals surface area contributed by atoms with Gasteiger partial charge in [-0.15, -0.1) is 11.3 Å². The van der Waals surface area contributed by atoms with Crippen molar-refractivity contribution in [3.8, 4) is 5.75 Å². The van der Waals surface area contributed by atoms with E-state index < -0.39 is 16.1 Å². The number of hydrogen-bond acceptors (Lipinski definition) is 6. The van der Waals surface area contributed by atoms with Crippen LogP contribution in [0.3, 0.4) is 0 Å². The summed E-state index contributed by atoms with van der Waals surface area (Å²) in [6.45, 7) is 2.58. The number of nitrogens with zero attached hydrogens (tertiary/aromatic N) is 3. The molecule has 1 aromatic heterocycles. The van der Waals surface area contributed by atoms with Crippen molar-refractivity contribution in [2.24, 2.45) is 0 Å². The van der Waals surface area contributed by atoms with Crippen molar-refractivity contribution in [2.45, 2.75) is 23.2 Å². The van der Waals surface area contributed by atoms with E-state index in [0.29, 0.717) is 32.6 Å². The van der Waals surface area contributed by atoms with Crippen LogP contribution >= 0.6 is 11.3 Å². The van der Waals surface area contributed by atoms with Crippen LogP contribution in [0.15, 0.2) is 70.3 Å². The van der Waals surface area contributed by atoms with Gasteiger partial charge in [-0.05, 0) is 41.1 Å². The van der Waals surface area contributed by atoms with Crippen LogP contribution in [0.2, 0.25) is 0 Å². The van der Waals surface area contributed by atoms with Crippen molar-refractivity contribution in [2.75, 3.05) is 38.2 Å². The van der Waals surface area contributed by atoms with Gasteiger partial charge in [-0.3, -0.25) is 4.79 Å². The first-order chi connectivity index (χ1) is 16.5. The maximum absolute atomic E-state index is 13.7. The third kappa shape index (κ3) is 4.19. The van der Waals surface area contributed by atoms with Crippen LogP contribution in [0.5, 0.6) is 5.75 Å². The minimum Gasteiger partial charge on any atom is -0.495 e. The summed E-state index contributed by atoms with van der Waals surface area (Å²) in [6.07, 6.45) is 0.381. The van der Waals surface area contributed by atoms with E-state index in [1.165, 1.54) is 15.6 Å². The van der Waals surface area contributed by atoms with Crippen LogP contribution in [0.1, 0.15) is 11.1 Å². The number of carbonyl (C=O) groups is 1. The Morgan fingerprint density at radius 1 is 0.941 bits per heavy atom. The number of thiophene rings is 1. The van der Waals surface area contributed by atoms with Crippen LogP contribution < -0.4 is 9.64 Å². The topological polar surface area (TPSA) is 70.2 Å². The van der Waals surface area contributed by atoms with E-state index in [2.05, 4.69) is 4.90 Å². The summed E-state index contributed by atoms with van der Waals surface area (Å²) >= 11 is 1.18. The van der Waals surface area contributed by atoms with Crippen molar-refractivity contribution in [3.05, 3.63) is 77.2 Å². The lowest BCUT2D eigenvalue weighted by Gasteiger charge is -2.41. The lowest BCUT2D eigenvalue weighted by atomic mass is 9.95. The van der Waals surface area contributed by atoms with E-state index >= 15 is 0 Å². The first-order valence-corrected chi connectivity index (χ1v) is 13.6. The van der Waals surface area contributed by atoms with Gasteiger partial charge in [-0.25, -0.2) is 8.42 Å². The molecule has 1 atom stereocenters. The summed E-state index contributed by atoms with van der Waals surface area (Å²) < 4.78 is 34.2. The predicted octanol–water partition coefficient (Wildman–Crippen LogP) is 3.22. The van der Waals surface area contributed by atoms with Crippen molar-refractivity contribution in [1.82, 2.24) is 9.21 Å². The molecule has 0 radical (unpaired) electrons. The van der Waals surface area contributed by atoms with Gasteiger partial charge in [0.15, 0.2) is 0 Å². The Bertz CT molecular complexity index is 1270. The zero-order chi connectivity index (χ0) is 23.7. The SMILES string of the molecule is COc1ccccc1N1CCN(C(=O)[C@H]2Cc3ccccc3CN2S(=O)(=O)c2cccs2)CC1. The van der Waals surface area contributed by atoms with E-state index in [0.717, 1.165) is 22.6 Å². The van der Waals surface area contributed by atoms with E-state index in [4.69, 9.17) is 4.74 Å². The molecule has 9 heteroatoms. The van der Waals surface area contributed by atoms with Gasteiger partial charge in [-0.2, -0.15) is 4.31 Å². The summed E-state index contributed by atoms with van der Waals surface area (Å²) in [5.74, 6) is 0.675. The fourth-order valence-corrected chi connectivity index (χ4v) is 7.44. The van der Waals surface area contributed by atoms with Gasteiger partial charge in [0.25, 0.3) is 10.0 Å². The molecule has 34 heavy (non-hydrogen) atoms. The van der Waals surface area contributed by atoms with Crippen LogP contribution in [0.4, 0.5) is 5.69 Å². The number of hydrogen-bond donors (Lipinski definition) is 0. The minimum atomic E-state index is -3.78. The van der Waals surface area contributed by atoms with Gasteiger partial charge < -0.3 is 14.5 Å². The fourth-order valence-electron chi connectivity index (χ4n) is 4.76. The first kappa shape index (κ1) is 22.9. The molecular weight excluding hydrogens is 470 g/mol. The smallest absolute Gasteiger partial charge is 0.253 e. The number of anilines is 1. The second kappa shape index (κ2) is 9.40. The Kier molecular flexibility index (Phi) is 6.33. The Hall–Kier alpha value is -2.88. The average Bonchev–Trinajstić information content (AvgIpc) is 3.44. The summed E-state index contributed by atoms with van der Waals surface area (Å²) in [6, 6.07) is 18.2. The molecule has 5 rings (SSSR count). The van der Waals surface area contributed by atoms with E-state index in [1.807, 2.05) is 53.4 Å². The van der Waals surface area contributed by atoms with Gasteiger partial charge >= 0.3 is 0 Å². The predicted molar refractivity (Wildman–Crippen MR) is 133 cm³/mol. The molecule has 2 aliphatic heterocycles. The van der Waals surface area contributed by atoms with Gasteiger partial charge in [-0.1, -0.05) is 42.5 Å². The molecule has 2 aliphatic rings. The van der Waals surface area contributed by atoms with Crippen LogP contribution in [-0.4, -0.2) is 62.9 Å². The highest BCUT2D eigenvalue weighted by molar-refractivity contribution is 7.91. The van der Waals surface area contributed by atoms with E-state index in [9.17, 15) is 13.2 Å². The molecule has 3 aromatic rings. The number of para-hydroxylation sites is 2. The molecule has 2 aromatic carbocycles. The zero-order valence-electron chi connectivity index (χ0n) is 19.0. The number of piperazine rings is 1. The Morgan fingerprint density at radius 2 is 1.65 bits per heavy atom. The van der Waals surface area contributed by atoms with E-state index in [1.54, 1.807) is 24.6 Å². The molecule has 0 saturated carbocycles. The Labute approximate surface area is 204 Å². The van der Waals surface area contributed by atoms with Gasteiger partial charge in [0.2, 0.25) is 5.91 Å². The molecule has 0 bridgehead atoms. The van der Waals surface area contributed by atoms with Crippen LogP contribution in [0, 0.1) is 0 Å². The molecule has 0 N–H and O–H groups in total. The molecule has 0 spiro atoms. The number of rotatable bonds is 5. The minimum absolute atomic E-state index is 0.130. The maximum Gasteiger partial charge on any atom is 0.253 e. The molecule has 1 saturated heterocycles. The summed E-state index contributed by atoms with van der Waals surface area (Å²) in [4.78, 5) is 17.8. The number of carbonyl (C=O) groups excluding carboxylic acids is 1. The molecular formula is C25H27N3O4S2. The normalized spacial score (nSPS) is 19.0. The Balaban J connectivity index is 1.38. The second-order valence-corrected chi connectivity index (χ2v) is 11.5. The number of methoxy groups -OCH3 is 1. The second-order valence-electron chi connectivity index (χ2n) is 8.46. The molecule has 178 valence electrons. The Morgan fingerprint density at radius 3 is 2.35 bits per heavy atom. The fraction of sp³-hybridized carbons (Fsp3) is 0.320. The van der Waals surface area contributed by atoms with Gasteiger partial charge in [0.1, 0.15) is 16.0 Å². The number of ether oxygens (including phenoxy) is 1. The first-order valence-electron chi connectivity index (χ1n) is 11.3. The van der Waals surface area contributed by atoms with Crippen LogP contribution in [0.25, 0.3) is 0 Å². The number of fused-ring (bicyclic) bond motifs is 1. The maximum atomic E-state index is 13.7. The highest BCUT2D eigenvalue weighted by Crippen LogP contribution is 2.33. The lowest BCUT2D eigenvalue weighted by molar-refractivity contribution is -0.136. The zero-order valence-corrected chi connectivity index (χ0v) is 20.6. The summed E-state index contributed by atoms with van der Waals surface area (Å²) in [7, 11) is -2.12. The molecule has 3 heterocycles. The number of sulfonamides is 1. The average molecular weight is 498 g/mol. The standard InChI is InChI=1S/C25H27N3O4S2/c1-32-23-10-5-4-9-21(23)26-12-14-27(15-13-26)25(29)22-17-19-7-2-3-8-20(19)18-28(22)34(30,31)24-11-6-16-33-24/h2-11,16,22H,12-15,17-18H2,1H3/t22-/m1/s1. The number of benzene rings is 2. The number of amides is 1. The van der Waals surface area contributed by atoms with E-state index in [-0.39, 0.29) is 16.7 Å². The third-order valence-electron chi connectivity index (χ3n) is 6.57. The van der Waals surface area contributed by atoms with Crippen molar-refractivity contribution < 1.29 is 17.9 Å². The monoisotopic (exact) mass is 497 g/mol. The highest BCUT2D eigenvalue weighted by atomic mass is 32.2. The third-order valence-corrected chi connectivity index (χ3v) is 9.79. The molecule has 1 fully saturated rings. The van der Waals surface area contributed by atoms with Crippen molar-refractivity contribution >= 4 is 33.0 Å². The molecule has 7 nitrogen and oxygen atoms in total. The summed E-state index contributed by atoms with van der Waals surface area (Å²) in [5, 5.41) is 1.75. The highest BCUT2D eigenvalue weighted by Gasteiger charge is 2.42. The molecule has 0 unspecified atom stereocenters. The molecule has 1 amide bonds. The van der Waals surface area contributed by atoms with Crippen molar-refractivity contribution in [1.29, 1.82) is 0 Å². The lowest BCUT2D eigenvalue weighted by Crippen LogP contribution is -2.57.